The maximum absolute atomic E-state index is 12.4. The van der Waals surface area contributed by atoms with Gasteiger partial charge < -0.3 is 0 Å². The lowest BCUT2D eigenvalue weighted by molar-refractivity contribution is -0.117. The van der Waals surface area contributed by atoms with Gasteiger partial charge in [-0.3, -0.25) is 9.69 Å². The number of hydrogen-bond acceptors (Lipinski definition) is 5. The summed E-state index contributed by atoms with van der Waals surface area (Å²) >= 11 is 3.25. The zero-order valence-corrected chi connectivity index (χ0v) is 14.6. The SMILES string of the molecule is CN(C(=O)Cc1cccs1)c1nc2c(s1)CCc1[pH]ncc1-2. The van der Waals surface area contributed by atoms with Gasteiger partial charge in [0, 0.05) is 28.6 Å². The standard InChI is InChI=1S/C15H14N3OPS2/c1-18(13(19)7-9-3-2-6-21-9)15-17-14-10-8-16-20-11(10)4-5-12(14)22-15/h2-3,6,8,20H,4-5,7H2,1H3. The Morgan fingerprint density at radius 2 is 2.36 bits per heavy atom. The van der Waals surface area contributed by atoms with Crippen molar-refractivity contribution in [1.82, 2.24) is 9.73 Å². The van der Waals surface area contributed by atoms with Gasteiger partial charge in [0.1, 0.15) is 0 Å². The van der Waals surface area contributed by atoms with Crippen LogP contribution in [0.1, 0.15) is 15.0 Å². The maximum Gasteiger partial charge on any atom is 0.233 e. The molecule has 1 atom stereocenters. The van der Waals surface area contributed by atoms with Crippen LogP contribution in [-0.2, 0) is 24.1 Å². The van der Waals surface area contributed by atoms with Crippen LogP contribution in [0.3, 0.4) is 0 Å². The van der Waals surface area contributed by atoms with Crippen molar-refractivity contribution in [2.24, 2.45) is 0 Å². The Bertz CT molecular complexity index is 822. The molecule has 0 aromatic carbocycles. The van der Waals surface area contributed by atoms with Crippen LogP contribution < -0.4 is 4.90 Å². The number of thiazole rings is 1. The van der Waals surface area contributed by atoms with Crippen molar-refractivity contribution in [2.75, 3.05) is 11.9 Å². The predicted molar refractivity (Wildman–Crippen MR) is 93.7 cm³/mol. The number of likely N-dealkylation sites (N-methyl/N-ethyl adjacent to an activating group) is 1. The van der Waals surface area contributed by atoms with Crippen LogP contribution in [0.25, 0.3) is 11.3 Å². The Hall–Kier alpha value is -1.49. The summed E-state index contributed by atoms with van der Waals surface area (Å²) in [5, 5.41) is 4.21. The summed E-state index contributed by atoms with van der Waals surface area (Å²) in [4.78, 5) is 21.2. The van der Waals surface area contributed by atoms with Gasteiger partial charge in [0.25, 0.3) is 0 Å². The van der Waals surface area contributed by atoms with Gasteiger partial charge in [-0.2, -0.15) is 0 Å². The predicted octanol–water partition coefficient (Wildman–Crippen LogP) is 3.60. The highest BCUT2D eigenvalue weighted by Crippen LogP contribution is 2.41. The highest BCUT2D eigenvalue weighted by Gasteiger charge is 2.24. The van der Waals surface area contributed by atoms with Crippen molar-refractivity contribution >= 4 is 42.1 Å². The molecule has 0 fully saturated rings. The van der Waals surface area contributed by atoms with Gasteiger partial charge in [-0.25, -0.2) is 9.73 Å². The second kappa shape index (κ2) is 5.61. The van der Waals surface area contributed by atoms with E-state index in [1.807, 2.05) is 30.8 Å². The molecule has 0 saturated carbocycles. The zero-order chi connectivity index (χ0) is 15.1. The topological polar surface area (TPSA) is 46.1 Å². The molecule has 0 saturated heterocycles. The Kier molecular flexibility index (Phi) is 3.60. The number of carbonyl (C=O) groups excluding carboxylic acids is 1. The Balaban J connectivity index is 1.60. The van der Waals surface area contributed by atoms with Gasteiger partial charge in [0.15, 0.2) is 5.13 Å². The lowest BCUT2D eigenvalue weighted by Gasteiger charge is -2.12. The van der Waals surface area contributed by atoms with Crippen molar-refractivity contribution in [3.63, 3.8) is 0 Å². The second-order valence-electron chi connectivity index (χ2n) is 5.24. The molecule has 1 amide bonds. The average Bonchev–Trinajstić information content (AvgIpc) is 3.24. The summed E-state index contributed by atoms with van der Waals surface area (Å²) in [5.41, 5.74) is 2.24. The van der Waals surface area contributed by atoms with E-state index in [4.69, 9.17) is 4.98 Å². The summed E-state index contributed by atoms with van der Waals surface area (Å²) in [6.45, 7) is 0. The monoisotopic (exact) mass is 347 g/mol. The van der Waals surface area contributed by atoms with E-state index < -0.39 is 0 Å². The van der Waals surface area contributed by atoms with E-state index in [1.165, 1.54) is 15.7 Å². The summed E-state index contributed by atoms with van der Waals surface area (Å²) in [6.07, 6.45) is 4.49. The summed E-state index contributed by atoms with van der Waals surface area (Å²) in [7, 11) is 2.39. The third-order valence-electron chi connectivity index (χ3n) is 3.83. The van der Waals surface area contributed by atoms with Crippen LogP contribution in [-0.4, -0.2) is 22.7 Å². The fourth-order valence-corrected chi connectivity index (χ4v) is 5.23. The van der Waals surface area contributed by atoms with Crippen molar-refractivity contribution in [1.29, 1.82) is 0 Å². The molecule has 0 N–H and O–H groups in total. The zero-order valence-electron chi connectivity index (χ0n) is 12.0. The first kappa shape index (κ1) is 14.1. The molecule has 1 aliphatic carbocycles. The molecule has 4 rings (SSSR count). The molecule has 0 spiro atoms. The molecular formula is C15H14N3OPS2. The highest BCUT2D eigenvalue weighted by molar-refractivity contribution is 7.26. The number of fused-ring (bicyclic) bond motifs is 3. The molecule has 22 heavy (non-hydrogen) atoms. The van der Waals surface area contributed by atoms with Crippen LogP contribution >= 0.6 is 31.0 Å². The van der Waals surface area contributed by atoms with Crippen molar-refractivity contribution < 1.29 is 4.79 Å². The van der Waals surface area contributed by atoms with E-state index in [0.29, 0.717) is 14.8 Å². The molecular weight excluding hydrogens is 333 g/mol. The third-order valence-corrected chi connectivity index (χ3v) is 6.94. The van der Waals surface area contributed by atoms with Crippen molar-refractivity contribution in [2.45, 2.75) is 19.3 Å². The largest absolute Gasteiger partial charge is 0.291 e. The lowest BCUT2D eigenvalue weighted by Crippen LogP contribution is -2.27. The van der Waals surface area contributed by atoms with Gasteiger partial charge in [-0.05, 0) is 37.9 Å². The number of carbonyl (C=O) groups is 1. The van der Waals surface area contributed by atoms with E-state index >= 15 is 0 Å². The summed E-state index contributed by atoms with van der Waals surface area (Å²) < 4.78 is 4.38. The van der Waals surface area contributed by atoms with Gasteiger partial charge in [0.05, 0.1) is 12.1 Å². The quantitative estimate of drug-likeness (QED) is 0.727. The molecule has 0 radical (unpaired) electrons. The molecule has 0 bridgehead atoms. The van der Waals surface area contributed by atoms with E-state index in [1.54, 1.807) is 27.6 Å². The molecule has 7 heteroatoms. The molecule has 112 valence electrons. The van der Waals surface area contributed by atoms with E-state index in [2.05, 4.69) is 4.75 Å². The van der Waals surface area contributed by atoms with Crippen LogP contribution in [0.2, 0.25) is 0 Å². The Morgan fingerprint density at radius 3 is 3.18 bits per heavy atom. The van der Waals surface area contributed by atoms with Gasteiger partial charge in [-0.15, -0.1) is 22.7 Å². The first-order chi connectivity index (χ1) is 10.7. The number of nitrogens with zero attached hydrogens (tertiary/aromatic N) is 3. The number of rotatable bonds is 3. The van der Waals surface area contributed by atoms with Crippen molar-refractivity contribution in [3.05, 3.63) is 38.8 Å². The average molecular weight is 347 g/mol. The molecule has 1 unspecified atom stereocenters. The third kappa shape index (κ3) is 2.41. The molecule has 3 aromatic rings. The fraction of sp³-hybridized carbons (Fsp3) is 0.267. The lowest BCUT2D eigenvalue weighted by atomic mass is 10.0. The minimum absolute atomic E-state index is 0.0877. The number of hydrogen-bond donors (Lipinski definition) is 0. The normalized spacial score (nSPS) is 13.1. The Morgan fingerprint density at radius 1 is 1.45 bits per heavy atom. The molecule has 4 nitrogen and oxygen atoms in total. The number of aromatic nitrogens is 2. The van der Waals surface area contributed by atoms with Crippen molar-refractivity contribution in [3.8, 4) is 11.3 Å². The van der Waals surface area contributed by atoms with E-state index in [-0.39, 0.29) is 5.91 Å². The van der Waals surface area contributed by atoms with Crippen LogP contribution in [0, 0.1) is 0 Å². The van der Waals surface area contributed by atoms with Crippen LogP contribution in [0.5, 0.6) is 0 Å². The van der Waals surface area contributed by atoms with E-state index in [0.717, 1.165) is 28.5 Å². The van der Waals surface area contributed by atoms with Gasteiger partial charge in [-0.1, -0.05) is 6.07 Å². The minimum Gasteiger partial charge on any atom is -0.291 e. The van der Waals surface area contributed by atoms with Gasteiger partial charge >= 0.3 is 0 Å². The van der Waals surface area contributed by atoms with Gasteiger partial charge in [0.2, 0.25) is 5.91 Å². The summed E-state index contributed by atoms with van der Waals surface area (Å²) in [5.74, 6) is 0.0877. The molecule has 0 aliphatic heterocycles. The van der Waals surface area contributed by atoms with Crippen LogP contribution in [0.15, 0.2) is 23.7 Å². The van der Waals surface area contributed by atoms with Crippen LogP contribution in [0.4, 0.5) is 5.13 Å². The highest BCUT2D eigenvalue weighted by atomic mass is 32.1. The molecule has 1 aliphatic rings. The fourth-order valence-electron chi connectivity index (χ4n) is 2.60. The number of anilines is 1. The van der Waals surface area contributed by atoms with E-state index in [9.17, 15) is 4.79 Å². The molecule has 3 aromatic heterocycles. The molecule has 3 heterocycles. The maximum atomic E-state index is 12.4. The number of amides is 1. The Labute approximate surface area is 138 Å². The summed E-state index contributed by atoms with van der Waals surface area (Å²) in [6, 6.07) is 3.97. The second-order valence-corrected chi connectivity index (χ2v) is 8.42. The number of aryl methyl sites for hydroxylation is 2. The number of thiophene rings is 1. The first-order valence-corrected chi connectivity index (χ1v) is 9.68. The smallest absolute Gasteiger partial charge is 0.233 e. The minimum atomic E-state index is 0.0877. The first-order valence-electron chi connectivity index (χ1n) is 7.03.